The van der Waals surface area contributed by atoms with Crippen molar-refractivity contribution in [1.29, 1.82) is 0 Å². The van der Waals surface area contributed by atoms with Crippen molar-refractivity contribution in [2.75, 3.05) is 0 Å². The number of hydrogen-bond acceptors (Lipinski definition) is 5. The molecule has 5 fully saturated rings. The Kier molecular flexibility index (Phi) is 5.97. The van der Waals surface area contributed by atoms with Crippen molar-refractivity contribution >= 4 is 0 Å². The van der Waals surface area contributed by atoms with Gasteiger partial charge in [0.25, 0.3) is 0 Å². The van der Waals surface area contributed by atoms with Gasteiger partial charge < -0.3 is 25.5 Å². The first kappa shape index (κ1) is 26.4. The molecule has 0 aliphatic heterocycles. The van der Waals surface area contributed by atoms with Crippen LogP contribution in [-0.2, 0) is 0 Å². The van der Waals surface area contributed by atoms with Crippen LogP contribution in [0.15, 0.2) is 0 Å². The number of aliphatic hydroxyl groups excluding tert-OH is 3. The van der Waals surface area contributed by atoms with E-state index in [1.54, 1.807) is 0 Å². The van der Waals surface area contributed by atoms with Gasteiger partial charge in [-0.05, 0) is 97.2 Å². The molecule has 5 N–H and O–H groups in total. The third kappa shape index (κ3) is 3.17. The van der Waals surface area contributed by atoms with Crippen LogP contribution >= 0.6 is 0 Å². The van der Waals surface area contributed by atoms with Crippen molar-refractivity contribution in [3.63, 3.8) is 0 Å². The Morgan fingerprint density at radius 3 is 2.03 bits per heavy atom. The van der Waals surface area contributed by atoms with Crippen LogP contribution in [0.5, 0.6) is 0 Å². The molecule has 5 saturated carbocycles. The molecule has 14 unspecified atom stereocenters. The summed E-state index contributed by atoms with van der Waals surface area (Å²) in [4.78, 5) is 0. The number of hydrogen-bond donors (Lipinski definition) is 5. The Morgan fingerprint density at radius 2 is 1.40 bits per heavy atom. The molecule has 0 saturated heterocycles. The molecule has 0 spiro atoms. The second-order valence-electron chi connectivity index (χ2n) is 15.1. The standard InChI is InChI=1S/C30H52O5/c1-16(2)18(4)26(5)14-23(26)17(3)20-8-9-21-22-12-24(32)29(34)13-19(31)10-11-28(29,7)30(22,35)25(33)15-27(20,21)6/h16-25,31-35H,8-15H2,1-7H3. The second kappa shape index (κ2) is 7.91. The SMILES string of the molecule is CC(C)C(C)C1(C)CC1C(C)C1CCC2C3CC(O)C4(O)CC(O)CCC4(C)C3(O)C(O)CC12C. The van der Waals surface area contributed by atoms with Gasteiger partial charge in [0, 0.05) is 11.8 Å². The molecule has 35 heavy (non-hydrogen) atoms. The summed E-state index contributed by atoms with van der Waals surface area (Å²) in [6.45, 7) is 16.2. The lowest BCUT2D eigenvalue weighted by Crippen LogP contribution is -2.79. The van der Waals surface area contributed by atoms with Crippen LogP contribution < -0.4 is 0 Å². The number of rotatable bonds is 4. The van der Waals surface area contributed by atoms with Gasteiger partial charge in [0.2, 0.25) is 0 Å². The monoisotopic (exact) mass is 492 g/mol. The Balaban J connectivity index is 1.45. The van der Waals surface area contributed by atoms with Crippen LogP contribution in [0, 0.1) is 57.7 Å². The van der Waals surface area contributed by atoms with Gasteiger partial charge in [-0.1, -0.05) is 48.5 Å². The minimum atomic E-state index is -1.58. The van der Waals surface area contributed by atoms with E-state index in [1.807, 2.05) is 6.92 Å². The Labute approximate surface area is 212 Å². The van der Waals surface area contributed by atoms with E-state index in [9.17, 15) is 25.5 Å². The highest BCUT2D eigenvalue weighted by molar-refractivity contribution is 5.26. The number of aliphatic hydroxyl groups is 5. The zero-order valence-corrected chi connectivity index (χ0v) is 23.2. The van der Waals surface area contributed by atoms with E-state index in [4.69, 9.17) is 0 Å². The Bertz CT molecular complexity index is 847. The summed E-state index contributed by atoms with van der Waals surface area (Å²) < 4.78 is 0. The zero-order valence-electron chi connectivity index (χ0n) is 23.2. The van der Waals surface area contributed by atoms with Crippen LogP contribution in [0.25, 0.3) is 0 Å². The maximum absolute atomic E-state index is 12.4. The quantitative estimate of drug-likeness (QED) is 0.406. The number of fused-ring (bicyclic) bond motifs is 5. The molecule has 5 heteroatoms. The van der Waals surface area contributed by atoms with E-state index in [0.29, 0.717) is 60.7 Å². The molecular formula is C30H52O5. The van der Waals surface area contributed by atoms with Gasteiger partial charge in [-0.15, -0.1) is 0 Å². The predicted octanol–water partition coefficient (Wildman–Crippen LogP) is 4.13. The largest absolute Gasteiger partial charge is 0.393 e. The molecule has 5 aliphatic rings. The minimum Gasteiger partial charge on any atom is -0.393 e. The average molecular weight is 493 g/mol. The lowest BCUT2D eigenvalue weighted by Gasteiger charge is -2.70. The highest BCUT2D eigenvalue weighted by Crippen LogP contribution is 2.73. The molecular weight excluding hydrogens is 440 g/mol. The summed E-state index contributed by atoms with van der Waals surface area (Å²) >= 11 is 0. The van der Waals surface area contributed by atoms with Crippen molar-refractivity contribution < 1.29 is 25.5 Å². The molecule has 5 nitrogen and oxygen atoms in total. The normalized spacial score (nSPS) is 59.4. The third-order valence-corrected chi connectivity index (χ3v) is 13.7. The summed E-state index contributed by atoms with van der Waals surface area (Å²) in [5, 5.41) is 57.5. The molecule has 0 aromatic rings. The van der Waals surface area contributed by atoms with Crippen LogP contribution in [0.2, 0.25) is 0 Å². The Morgan fingerprint density at radius 1 is 0.743 bits per heavy atom. The molecule has 5 aliphatic carbocycles. The molecule has 0 amide bonds. The van der Waals surface area contributed by atoms with Crippen molar-refractivity contribution in [3.8, 4) is 0 Å². The molecule has 0 heterocycles. The minimum absolute atomic E-state index is 0.0578. The summed E-state index contributed by atoms with van der Waals surface area (Å²) in [6, 6.07) is 0. The topological polar surface area (TPSA) is 101 Å². The molecule has 14 atom stereocenters. The lowest BCUT2D eigenvalue weighted by molar-refractivity contribution is -0.348. The van der Waals surface area contributed by atoms with Gasteiger partial charge in [0.15, 0.2) is 0 Å². The summed E-state index contributed by atoms with van der Waals surface area (Å²) in [5.41, 5.74) is -3.78. The maximum atomic E-state index is 12.4. The summed E-state index contributed by atoms with van der Waals surface area (Å²) in [5.74, 6) is 3.11. The van der Waals surface area contributed by atoms with Crippen LogP contribution in [0.3, 0.4) is 0 Å². The van der Waals surface area contributed by atoms with Gasteiger partial charge in [0.05, 0.1) is 18.3 Å². The summed E-state index contributed by atoms with van der Waals surface area (Å²) in [7, 11) is 0. The highest BCUT2D eigenvalue weighted by Gasteiger charge is 2.76. The van der Waals surface area contributed by atoms with Gasteiger partial charge in [0.1, 0.15) is 11.2 Å². The van der Waals surface area contributed by atoms with Crippen molar-refractivity contribution in [1.82, 2.24) is 0 Å². The van der Waals surface area contributed by atoms with E-state index in [0.717, 1.165) is 12.8 Å². The van der Waals surface area contributed by atoms with Crippen molar-refractivity contribution in [2.45, 2.75) is 129 Å². The Hall–Kier alpha value is -0.200. The summed E-state index contributed by atoms with van der Waals surface area (Å²) in [6.07, 6.45) is 2.55. The van der Waals surface area contributed by atoms with E-state index in [1.165, 1.54) is 6.42 Å². The van der Waals surface area contributed by atoms with Gasteiger partial charge >= 0.3 is 0 Å². The highest BCUT2D eigenvalue weighted by atomic mass is 16.4. The molecule has 202 valence electrons. The van der Waals surface area contributed by atoms with Gasteiger partial charge in [-0.3, -0.25) is 0 Å². The van der Waals surface area contributed by atoms with Gasteiger partial charge in [-0.25, -0.2) is 0 Å². The fraction of sp³-hybridized carbons (Fsp3) is 1.00. The third-order valence-electron chi connectivity index (χ3n) is 13.7. The van der Waals surface area contributed by atoms with Crippen LogP contribution in [-0.4, -0.2) is 55.0 Å². The predicted molar refractivity (Wildman–Crippen MR) is 136 cm³/mol. The van der Waals surface area contributed by atoms with Crippen LogP contribution in [0.4, 0.5) is 0 Å². The fourth-order valence-electron chi connectivity index (χ4n) is 11.0. The molecule has 0 bridgehead atoms. The first-order valence-corrected chi connectivity index (χ1v) is 14.6. The van der Waals surface area contributed by atoms with E-state index in [-0.39, 0.29) is 23.7 Å². The average Bonchev–Trinajstić information content (AvgIpc) is 3.35. The van der Waals surface area contributed by atoms with Crippen LogP contribution in [0.1, 0.15) is 99.8 Å². The lowest BCUT2D eigenvalue weighted by atomic mass is 9.39. The molecule has 0 aromatic heterocycles. The second-order valence-corrected chi connectivity index (χ2v) is 15.1. The fourth-order valence-corrected chi connectivity index (χ4v) is 11.0. The molecule has 5 rings (SSSR count). The maximum Gasteiger partial charge on any atom is 0.102 e. The first-order chi connectivity index (χ1) is 16.1. The van der Waals surface area contributed by atoms with Gasteiger partial charge in [-0.2, -0.15) is 0 Å². The van der Waals surface area contributed by atoms with E-state index >= 15 is 0 Å². The first-order valence-electron chi connectivity index (χ1n) is 14.6. The van der Waals surface area contributed by atoms with Crippen molar-refractivity contribution in [3.05, 3.63) is 0 Å². The molecule has 0 aromatic carbocycles. The van der Waals surface area contributed by atoms with Crippen molar-refractivity contribution in [2.24, 2.45) is 57.7 Å². The smallest absolute Gasteiger partial charge is 0.102 e. The zero-order chi connectivity index (χ0) is 25.9. The molecule has 0 radical (unpaired) electrons. The van der Waals surface area contributed by atoms with E-state index in [2.05, 4.69) is 41.5 Å². The van der Waals surface area contributed by atoms with E-state index < -0.39 is 34.9 Å².